The molecule has 106 valence electrons. The average Bonchev–Trinajstić information content (AvgIpc) is 2.48. The molecule has 0 aliphatic carbocycles. The van der Waals surface area contributed by atoms with Crippen LogP contribution < -0.4 is 0 Å². The lowest BCUT2D eigenvalue weighted by Gasteiger charge is -2.13. The van der Waals surface area contributed by atoms with E-state index in [2.05, 4.69) is 0 Å². The molecule has 0 heterocycles. The fourth-order valence-corrected chi connectivity index (χ4v) is 2.59. The second kappa shape index (κ2) is 7.07. The zero-order valence-electron chi connectivity index (χ0n) is 11.1. The van der Waals surface area contributed by atoms with Crippen LogP contribution in [0.2, 0.25) is 5.02 Å². The summed E-state index contributed by atoms with van der Waals surface area (Å²) in [5.74, 6) is -0.452. The van der Waals surface area contributed by atoms with Gasteiger partial charge in [-0.25, -0.2) is 4.39 Å². The lowest BCUT2D eigenvalue weighted by Crippen LogP contribution is -1.98. The summed E-state index contributed by atoms with van der Waals surface area (Å²) in [6.07, 6.45) is 0.852. The highest BCUT2D eigenvalue weighted by Crippen LogP contribution is 2.34. The van der Waals surface area contributed by atoms with Gasteiger partial charge in [0.1, 0.15) is 5.82 Å². The molecule has 0 saturated heterocycles. The maximum absolute atomic E-state index is 13.5. The van der Waals surface area contributed by atoms with E-state index in [4.69, 9.17) is 27.9 Å². The Morgan fingerprint density at radius 3 is 2.50 bits per heavy atom. The van der Waals surface area contributed by atoms with E-state index in [1.165, 1.54) is 11.6 Å². The number of hydrogen-bond acceptors (Lipinski definition) is 1. The molecule has 2 aromatic carbocycles. The van der Waals surface area contributed by atoms with Crippen LogP contribution >= 0.6 is 23.2 Å². The normalized spacial score (nSPS) is 12.4. The number of benzene rings is 2. The van der Waals surface area contributed by atoms with Gasteiger partial charge in [0.15, 0.2) is 0 Å². The molecule has 0 N–H and O–H groups in total. The summed E-state index contributed by atoms with van der Waals surface area (Å²) in [5, 5.41) is -0.384. The standard InChI is InChI=1S/C16H15Cl2FO/c1-20-10-9-11-5-7-12(8-6-11)15(17)13-3-2-4-14(19)16(13)18/h2-8,15H,9-10H2,1H3. The van der Waals surface area contributed by atoms with Crippen LogP contribution in [-0.2, 0) is 11.2 Å². The fourth-order valence-electron chi connectivity index (χ4n) is 1.97. The predicted octanol–water partition coefficient (Wildman–Crippen LogP) is 5.00. The quantitative estimate of drug-likeness (QED) is 0.706. The minimum Gasteiger partial charge on any atom is -0.384 e. The molecule has 2 aromatic rings. The Morgan fingerprint density at radius 1 is 1.15 bits per heavy atom. The summed E-state index contributed by atoms with van der Waals surface area (Å²) in [6.45, 7) is 0.680. The summed E-state index contributed by atoms with van der Waals surface area (Å²) in [7, 11) is 1.68. The Hall–Kier alpha value is -1.09. The Labute approximate surface area is 128 Å². The first-order chi connectivity index (χ1) is 9.63. The first-order valence-corrected chi connectivity index (χ1v) is 7.10. The van der Waals surface area contributed by atoms with Crippen LogP contribution in [0.15, 0.2) is 42.5 Å². The Balaban J connectivity index is 2.20. The Morgan fingerprint density at radius 2 is 1.85 bits per heavy atom. The summed E-state index contributed by atoms with van der Waals surface area (Å²) in [4.78, 5) is 0. The Bertz CT molecular complexity index is 569. The number of methoxy groups -OCH3 is 1. The van der Waals surface area contributed by atoms with E-state index in [1.54, 1.807) is 19.2 Å². The minimum atomic E-state index is -0.463. The molecule has 1 nitrogen and oxygen atoms in total. The molecule has 4 heteroatoms. The number of alkyl halides is 1. The van der Waals surface area contributed by atoms with E-state index in [1.807, 2.05) is 24.3 Å². The van der Waals surface area contributed by atoms with Crippen LogP contribution in [-0.4, -0.2) is 13.7 Å². The zero-order valence-corrected chi connectivity index (χ0v) is 12.6. The smallest absolute Gasteiger partial charge is 0.142 e. The highest BCUT2D eigenvalue weighted by atomic mass is 35.5. The summed E-state index contributed by atoms with van der Waals surface area (Å²) in [6, 6.07) is 12.5. The highest BCUT2D eigenvalue weighted by Gasteiger charge is 2.16. The molecule has 1 unspecified atom stereocenters. The second-order valence-corrected chi connectivity index (χ2v) is 5.30. The lowest BCUT2D eigenvalue weighted by atomic mass is 10.0. The van der Waals surface area contributed by atoms with Crippen LogP contribution in [0.3, 0.4) is 0 Å². The Kier molecular flexibility index (Phi) is 5.41. The van der Waals surface area contributed by atoms with E-state index >= 15 is 0 Å². The predicted molar refractivity (Wildman–Crippen MR) is 81.1 cm³/mol. The van der Waals surface area contributed by atoms with Crippen molar-refractivity contribution in [1.29, 1.82) is 0 Å². The number of rotatable bonds is 5. The largest absolute Gasteiger partial charge is 0.384 e. The van der Waals surface area contributed by atoms with Gasteiger partial charge in [-0.2, -0.15) is 0 Å². The van der Waals surface area contributed by atoms with Gasteiger partial charge in [0.25, 0.3) is 0 Å². The van der Waals surface area contributed by atoms with Gasteiger partial charge in [0, 0.05) is 7.11 Å². The van der Waals surface area contributed by atoms with Crippen molar-refractivity contribution in [3.05, 3.63) is 70.0 Å². The van der Waals surface area contributed by atoms with E-state index in [0.29, 0.717) is 12.2 Å². The van der Waals surface area contributed by atoms with Crippen LogP contribution in [0.25, 0.3) is 0 Å². The van der Waals surface area contributed by atoms with Crippen molar-refractivity contribution in [2.45, 2.75) is 11.8 Å². The maximum Gasteiger partial charge on any atom is 0.142 e. The molecule has 0 aliphatic heterocycles. The summed E-state index contributed by atoms with van der Waals surface area (Å²) in [5.41, 5.74) is 2.64. The minimum absolute atomic E-state index is 0.0796. The van der Waals surface area contributed by atoms with Crippen LogP contribution in [0.4, 0.5) is 4.39 Å². The van der Waals surface area contributed by atoms with Gasteiger partial charge >= 0.3 is 0 Å². The molecular formula is C16H15Cl2FO. The molecule has 1 atom stereocenters. The molecule has 0 spiro atoms. The summed E-state index contributed by atoms with van der Waals surface area (Å²) >= 11 is 12.4. The van der Waals surface area contributed by atoms with Crippen molar-refractivity contribution in [2.24, 2.45) is 0 Å². The molecular weight excluding hydrogens is 298 g/mol. The van der Waals surface area contributed by atoms with Crippen molar-refractivity contribution in [1.82, 2.24) is 0 Å². The van der Waals surface area contributed by atoms with Crippen molar-refractivity contribution >= 4 is 23.2 Å². The van der Waals surface area contributed by atoms with Gasteiger partial charge in [-0.3, -0.25) is 0 Å². The topological polar surface area (TPSA) is 9.23 Å². The molecule has 0 saturated carbocycles. The van der Waals surface area contributed by atoms with Crippen molar-refractivity contribution in [3.8, 4) is 0 Å². The van der Waals surface area contributed by atoms with Gasteiger partial charge in [-0.05, 0) is 29.2 Å². The third-order valence-corrected chi connectivity index (χ3v) is 4.01. The van der Waals surface area contributed by atoms with Gasteiger partial charge in [0.2, 0.25) is 0 Å². The zero-order chi connectivity index (χ0) is 14.5. The molecule has 0 radical (unpaired) electrons. The van der Waals surface area contributed by atoms with Gasteiger partial charge in [0.05, 0.1) is 17.0 Å². The molecule has 0 fully saturated rings. The molecule has 0 aromatic heterocycles. The van der Waals surface area contributed by atoms with Gasteiger partial charge in [-0.1, -0.05) is 48.0 Å². The van der Waals surface area contributed by atoms with Crippen molar-refractivity contribution < 1.29 is 9.13 Å². The van der Waals surface area contributed by atoms with E-state index in [9.17, 15) is 4.39 Å². The first kappa shape index (κ1) is 15.3. The molecule has 0 aliphatic rings. The van der Waals surface area contributed by atoms with Gasteiger partial charge in [-0.15, -0.1) is 11.6 Å². The third-order valence-electron chi connectivity index (χ3n) is 3.12. The number of hydrogen-bond donors (Lipinski definition) is 0. The molecule has 0 amide bonds. The van der Waals surface area contributed by atoms with Crippen LogP contribution in [0, 0.1) is 5.82 Å². The van der Waals surface area contributed by atoms with Crippen molar-refractivity contribution in [3.63, 3.8) is 0 Å². The third kappa shape index (κ3) is 3.51. The first-order valence-electron chi connectivity index (χ1n) is 6.29. The van der Waals surface area contributed by atoms with E-state index in [0.717, 1.165) is 12.0 Å². The van der Waals surface area contributed by atoms with E-state index < -0.39 is 11.2 Å². The fraction of sp³-hybridized carbons (Fsp3) is 0.250. The molecule has 2 rings (SSSR count). The van der Waals surface area contributed by atoms with Gasteiger partial charge < -0.3 is 4.74 Å². The van der Waals surface area contributed by atoms with Crippen molar-refractivity contribution in [2.75, 3.05) is 13.7 Å². The monoisotopic (exact) mass is 312 g/mol. The average molecular weight is 313 g/mol. The van der Waals surface area contributed by atoms with E-state index in [-0.39, 0.29) is 5.02 Å². The second-order valence-electron chi connectivity index (χ2n) is 4.49. The molecule has 0 bridgehead atoms. The number of ether oxygens (including phenoxy) is 1. The van der Waals surface area contributed by atoms with Crippen LogP contribution in [0.5, 0.6) is 0 Å². The highest BCUT2D eigenvalue weighted by molar-refractivity contribution is 6.33. The van der Waals surface area contributed by atoms with Crippen LogP contribution in [0.1, 0.15) is 22.1 Å². The molecule has 20 heavy (non-hydrogen) atoms. The maximum atomic E-state index is 13.5. The SMILES string of the molecule is COCCc1ccc(C(Cl)c2cccc(F)c2Cl)cc1. The number of halogens is 3. The lowest BCUT2D eigenvalue weighted by molar-refractivity contribution is 0.202. The summed E-state index contributed by atoms with van der Waals surface area (Å²) < 4.78 is 18.5.